The third kappa shape index (κ3) is 3.78. The van der Waals surface area contributed by atoms with Crippen LogP contribution in [0.3, 0.4) is 0 Å². The first-order valence-corrected chi connectivity index (χ1v) is 5.20. The number of hydrogen-bond acceptors (Lipinski definition) is 2. The van der Waals surface area contributed by atoms with Gasteiger partial charge in [-0.15, -0.1) is 0 Å². The molecule has 0 aliphatic heterocycles. The Bertz CT molecular complexity index is 203. The summed E-state index contributed by atoms with van der Waals surface area (Å²) in [5, 5.41) is 12.3. The zero-order chi connectivity index (χ0) is 9.90. The number of nitrogens with zero attached hydrogens (tertiary/aromatic N) is 1. The van der Waals surface area contributed by atoms with Gasteiger partial charge in [0, 0.05) is 6.04 Å². The summed E-state index contributed by atoms with van der Waals surface area (Å²) in [6.45, 7) is 7.36. The topological polar surface area (TPSA) is 35.8 Å². The number of rotatable bonds is 5. The van der Waals surface area contributed by atoms with Gasteiger partial charge in [0.1, 0.15) is 0 Å². The zero-order valence-corrected chi connectivity index (χ0v) is 8.93. The standard InChI is InChI=1S/C11H20N2/c1-9-7-10(9)13-6-4-5-11(2,3)8-12/h9-10,13H,4-7H2,1-3H3. The molecule has 2 heteroatoms. The number of hydrogen-bond donors (Lipinski definition) is 1. The van der Waals surface area contributed by atoms with Gasteiger partial charge in [-0.25, -0.2) is 0 Å². The number of nitriles is 1. The minimum absolute atomic E-state index is 0.142. The molecule has 0 radical (unpaired) electrons. The van der Waals surface area contributed by atoms with E-state index in [1.165, 1.54) is 6.42 Å². The largest absolute Gasteiger partial charge is 0.314 e. The van der Waals surface area contributed by atoms with Crippen LogP contribution in [0.15, 0.2) is 0 Å². The first kappa shape index (κ1) is 10.5. The van der Waals surface area contributed by atoms with Crippen molar-refractivity contribution in [3.63, 3.8) is 0 Å². The van der Waals surface area contributed by atoms with Crippen molar-refractivity contribution in [3.8, 4) is 6.07 Å². The first-order chi connectivity index (χ1) is 6.05. The molecule has 0 saturated heterocycles. The highest BCUT2D eigenvalue weighted by molar-refractivity contribution is 4.92. The Labute approximate surface area is 81.3 Å². The molecule has 1 fully saturated rings. The molecule has 0 bridgehead atoms. The van der Waals surface area contributed by atoms with Gasteiger partial charge in [0.15, 0.2) is 0 Å². The van der Waals surface area contributed by atoms with Crippen LogP contribution in [0, 0.1) is 22.7 Å². The van der Waals surface area contributed by atoms with E-state index < -0.39 is 0 Å². The van der Waals surface area contributed by atoms with E-state index in [0.29, 0.717) is 0 Å². The normalized spacial score (nSPS) is 26.9. The van der Waals surface area contributed by atoms with Gasteiger partial charge in [0.05, 0.1) is 11.5 Å². The monoisotopic (exact) mass is 180 g/mol. The number of nitrogens with one attached hydrogen (secondary N) is 1. The molecule has 1 saturated carbocycles. The summed E-state index contributed by atoms with van der Waals surface area (Å²) in [5.41, 5.74) is -0.142. The van der Waals surface area contributed by atoms with E-state index in [4.69, 9.17) is 5.26 Å². The Morgan fingerprint density at radius 1 is 1.54 bits per heavy atom. The Morgan fingerprint density at radius 2 is 2.15 bits per heavy atom. The fourth-order valence-corrected chi connectivity index (χ4v) is 1.48. The SMILES string of the molecule is CC1CC1NCCCC(C)(C)C#N. The molecule has 2 atom stereocenters. The summed E-state index contributed by atoms with van der Waals surface area (Å²) in [4.78, 5) is 0. The van der Waals surface area contributed by atoms with Gasteiger partial charge in [-0.2, -0.15) is 5.26 Å². The van der Waals surface area contributed by atoms with Gasteiger partial charge < -0.3 is 5.32 Å². The second-order valence-corrected chi connectivity index (χ2v) is 4.87. The molecule has 0 aromatic heterocycles. The van der Waals surface area contributed by atoms with Crippen molar-refractivity contribution in [2.75, 3.05) is 6.54 Å². The third-order valence-corrected chi connectivity index (χ3v) is 2.80. The molecule has 1 N–H and O–H groups in total. The molecule has 0 aromatic carbocycles. The van der Waals surface area contributed by atoms with Crippen molar-refractivity contribution in [2.24, 2.45) is 11.3 Å². The van der Waals surface area contributed by atoms with Crippen LogP contribution in [0.1, 0.15) is 40.0 Å². The minimum Gasteiger partial charge on any atom is -0.314 e. The van der Waals surface area contributed by atoms with Crippen molar-refractivity contribution in [1.29, 1.82) is 5.26 Å². The van der Waals surface area contributed by atoms with Crippen LogP contribution in [0.4, 0.5) is 0 Å². The Morgan fingerprint density at radius 3 is 2.62 bits per heavy atom. The van der Waals surface area contributed by atoms with E-state index in [0.717, 1.165) is 31.3 Å². The molecular weight excluding hydrogens is 160 g/mol. The Balaban J connectivity index is 1.98. The quantitative estimate of drug-likeness (QED) is 0.659. The van der Waals surface area contributed by atoms with E-state index in [1.807, 2.05) is 13.8 Å². The molecule has 0 aromatic rings. The highest BCUT2D eigenvalue weighted by atomic mass is 15.0. The summed E-state index contributed by atoms with van der Waals surface area (Å²) < 4.78 is 0. The molecule has 13 heavy (non-hydrogen) atoms. The molecule has 1 aliphatic rings. The zero-order valence-electron chi connectivity index (χ0n) is 8.93. The maximum atomic E-state index is 8.79. The third-order valence-electron chi connectivity index (χ3n) is 2.80. The summed E-state index contributed by atoms with van der Waals surface area (Å²) in [6.07, 6.45) is 3.45. The van der Waals surface area contributed by atoms with Gasteiger partial charge in [-0.3, -0.25) is 0 Å². The lowest BCUT2D eigenvalue weighted by molar-refractivity contribution is 0.424. The lowest BCUT2D eigenvalue weighted by Crippen LogP contribution is -2.20. The second-order valence-electron chi connectivity index (χ2n) is 4.87. The summed E-state index contributed by atoms with van der Waals surface area (Å²) in [5.74, 6) is 0.879. The van der Waals surface area contributed by atoms with Crippen LogP contribution < -0.4 is 5.32 Å². The van der Waals surface area contributed by atoms with Crippen LogP contribution >= 0.6 is 0 Å². The van der Waals surface area contributed by atoms with Crippen molar-refractivity contribution < 1.29 is 0 Å². The fourth-order valence-electron chi connectivity index (χ4n) is 1.48. The molecule has 0 heterocycles. The van der Waals surface area contributed by atoms with Crippen molar-refractivity contribution in [2.45, 2.75) is 46.1 Å². The highest BCUT2D eigenvalue weighted by Crippen LogP contribution is 2.29. The predicted molar refractivity (Wildman–Crippen MR) is 54.2 cm³/mol. The van der Waals surface area contributed by atoms with E-state index in [2.05, 4.69) is 18.3 Å². The molecule has 2 unspecified atom stereocenters. The van der Waals surface area contributed by atoms with E-state index >= 15 is 0 Å². The summed E-state index contributed by atoms with van der Waals surface area (Å²) >= 11 is 0. The molecule has 0 spiro atoms. The van der Waals surface area contributed by atoms with Crippen LogP contribution in [0.5, 0.6) is 0 Å². The average molecular weight is 180 g/mol. The average Bonchev–Trinajstić information content (AvgIpc) is 2.76. The van der Waals surface area contributed by atoms with E-state index in [-0.39, 0.29) is 5.41 Å². The molecule has 0 amide bonds. The van der Waals surface area contributed by atoms with Crippen molar-refractivity contribution in [3.05, 3.63) is 0 Å². The Hall–Kier alpha value is -0.550. The van der Waals surface area contributed by atoms with Crippen molar-refractivity contribution >= 4 is 0 Å². The van der Waals surface area contributed by atoms with Crippen LogP contribution in [-0.2, 0) is 0 Å². The van der Waals surface area contributed by atoms with Gasteiger partial charge in [-0.05, 0) is 45.6 Å². The van der Waals surface area contributed by atoms with Crippen LogP contribution in [0.25, 0.3) is 0 Å². The van der Waals surface area contributed by atoms with Gasteiger partial charge in [-0.1, -0.05) is 6.92 Å². The highest BCUT2D eigenvalue weighted by Gasteiger charge is 2.31. The Kier molecular flexibility index (Phi) is 3.33. The fraction of sp³-hybridized carbons (Fsp3) is 0.909. The summed E-state index contributed by atoms with van der Waals surface area (Å²) in [6, 6.07) is 3.09. The van der Waals surface area contributed by atoms with E-state index in [1.54, 1.807) is 0 Å². The lowest BCUT2D eigenvalue weighted by Gasteiger charge is -2.14. The summed E-state index contributed by atoms with van der Waals surface area (Å²) in [7, 11) is 0. The molecule has 1 rings (SSSR count). The molecule has 1 aliphatic carbocycles. The van der Waals surface area contributed by atoms with Gasteiger partial charge in [0.2, 0.25) is 0 Å². The van der Waals surface area contributed by atoms with Gasteiger partial charge >= 0.3 is 0 Å². The molecule has 2 nitrogen and oxygen atoms in total. The van der Waals surface area contributed by atoms with E-state index in [9.17, 15) is 0 Å². The van der Waals surface area contributed by atoms with Crippen molar-refractivity contribution in [1.82, 2.24) is 5.32 Å². The smallest absolute Gasteiger partial charge is 0.0683 e. The lowest BCUT2D eigenvalue weighted by atomic mass is 9.90. The second kappa shape index (κ2) is 4.11. The predicted octanol–water partition coefficient (Wildman–Crippen LogP) is 2.31. The molecule has 74 valence electrons. The minimum atomic E-state index is -0.142. The molecular formula is C11H20N2. The van der Waals surface area contributed by atoms with Crippen LogP contribution in [0.2, 0.25) is 0 Å². The maximum absolute atomic E-state index is 8.79. The van der Waals surface area contributed by atoms with Gasteiger partial charge in [0.25, 0.3) is 0 Å². The van der Waals surface area contributed by atoms with Crippen LogP contribution in [-0.4, -0.2) is 12.6 Å². The first-order valence-electron chi connectivity index (χ1n) is 5.20. The maximum Gasteiger partial charge on any atom is 0.0683 e.